The lowest BCUT2D eigenvalue weighted by molar-refractivity contribution is -0.143. The van der Waals surface area contributed by atoms with E-state index in [1.54, 1.807) is 0 Å². The Hall–Kier alpha value is -2.87. The molecular weight excluding hydrogens is 410 g/mol. The van der Waals surface area contributed by atoms with E-state index in [2.05, 4.69) is 23.3 Å². The van der Waals surface area contributed by atoms with E-state index in [9.17, 15) is 28.8 Å². The number of carbonyl (C=O) groups is 6. The van der Waals surface area contributed by atoms with Crippen molar-refractivity contribution in [2.24, 2.45) is 11.5 Å². The number of carbonyl (C=O) groups excluding carboxylic acids is 4. The fourth-order valence-electron chi connectivity index (χ4n) is 1.98. The second-order valence-corrected chi connectivity index (χ2v) is 6.46. The third-order valence-corrected chi connectivity index (χ3v) is 3.89. The first kappa shape index (κ1) is 26.1. The summed E-state index contributed by atoms with van der Waals surface area (Å²) in [7, 11) is 0. The molecule has 0 spiro atoms. The van der Waals surface area contributed by atoms with Crippen molar-refractivity contribution < 1.29 is 39.0 Å². The number of aliphatic carboxylic acids is 2. The molecule has 13 nitrogen and oxygen atoms in total. The molecule has 0 aliphatic carbocycles. The monoisotopic (exact) mass is 435 g/mol. The fraction of sp³-hybridized carbons (Fsp3) is 0.600. The molecule has 0 heterocycles. The van der Waals surface area contributed by atoms with Gasteiger partial charge in [0.2, 0.25) is 23.6 Å². The van der Waals surface area contributed by atoms with Gasteiger partial charge in [-0.25, -0.2) is 4.79 Å². The zero-order chi connectivity index (χ0) is 22.7. The van der Waals surface area contributed by atoms with Crippen LogP contribution in [0.1, 0.15) is 26.2 Å². The number of amides is 4. The van der Waals surface area contributed by atoms with E-state index in [0.29, 0.717) is 0 Å². The van der Waals surface area contributed by atoms with Crippen molar-refractivity contribution in [3.05, 3.63) is 0 Å². The zero-order valence-electron chi connectivity index (χ0n) is 15.6. The van der Waals surface area contributed by atoms with Crippen molar-refractivity contribution in [1.29, 1.82) is 0 Å². The summed E-state index contributed by atoms with van der Waals surface area (Å²) in [5.41, 5.74) is 10.3. The summed E-state index contributed by atoms with van der Waals surface area (Å²) in [6.07, 6.45) is -1.39. The molecule has 0 saturated heterocycles. The van der Waals surface area contributed by atoms with Gasteiger partial charge < -0.3 is 37.6 Å². The Bertz CT molecular complexity index is 657. The molecular formula is C15H25N5O8S. The van der Waals surface area contributed by atoms with Crippen LogP contribution in [-0.4, -0.2) is 75.7 Å². The Morgan fingerprint density at radius 2 is 1.38 bits per heavy atom. The third-order valence-electron chi connectivity index (χ3n) is 3.53. The van der Waals surface area contributed by atoms with Gasteiger partial charge in [0.15, 0.2) is 0 Å². The Morgan fingerprint density at radius 1 is 0.897 bits per heavy atom. The van der Waals surface area contributed by atoms with Crippen LogP contribution in [0.4, 0.5) is 0 Å². The van der Waals surface area contributed by atoms with Crippen molar-refractivity contribution in [2.75, 3.05) is 5.75 Å². The van der Waals surface area contributed by atoms with Gasteiger partial charge in [-0.3, -0.25) is 24.0 Å². The van der Waals surface area contributed by atoms with Gasteiger partial charge in [-0.1, -0.05) is 0 Å². The highest BCUT2D eigenvalue weighted by molar-refractivity contribution is 7.80. The van der Waals surface area contributed by atoms with E-state index >= 15 is 0 Å². The summed E-state index contributed by atoms with van der Waals surface area (Å²) in [4.78, 5) is 69.2. The summed E-state index contributed by atoms with van der Waals surface area (Å²) in [6.45, 7) is 1.36. The first-order chi connectivity index (χ1) is 13.4. The first-order valence-corrected chi connectivity index (χ1v) is 9.02. The number of primary amides is 1. The second-order valence-electron chi connectivity index (χ2n) is 6.10. The number of carboxylic acids is 2. The molecule has 14 heteroatoms. The smallest absolute Gasteiger partial charge is 0.326 e. The summed E-state index contributed by atoms with van der Waals surface area (Å²) in [5, 5.41) is 24.4. The Labute approximate surface area is 171 Å². The van der Waals surface area contributed by atoms with E-state index in [1.165, 1.54) is 6.92 Å². The standard InChI is InChI=1S/C15H25N5O8S/c1-6(16)12(24)18-7(2-3-11(22)23)13(25)20-9(5-29)14(26)19-8(15(27)28)4-10(17)21/h6-9,29H,2-5,16H2,1H3,(H2,17,21)(H,18,24)(H,19,26)(H,20,25)(H,22,23)(H,27,28). The first-order valence-electron chi connectivity index (χ1n) is 8.39. The number of nitrogens with two attached hydrogens (primary N) is 2. The van der Waals surface area contributed by atoms with Crippen molar-refractivity contribution in [3.63, 3.8) is 0 Å². The highest BCUT2D eigenvalue weighted by Crippen LogP contribution is 2.02. The maximum atomic E-state index is 12.4. The van der Waals surface area contributed by atoms with Crippen LogP contribution in [0, 0.1) is 0 Å². The van der Waals surface area contributed by atoms with E-state index < -0.39 is 72.6 Å². The van der Waals surface area contributed by atoms with Gasteiger partial charge in [-0.15, -0.1) is 0 Å². The lowest BCUT2D eigenvalue weighted by Gasteiger charge is -2.23. The van der Waals surface area contributed by atoms with Gasteiger partial charge in [-0.2, -0.15) is 12.6 Å². The third kappa shape index (κ3) is 10.3. The van der Waals surface area contributed by atoms with Crippen LogP contribution in [0.15, 0.2) is 0 Å². The van der Waals surface area contributed by atoms with Gasteiger partial charge in [0, 0.05) is 12.2 Å². The summed E-state index contributed by atoms with van der Waals surface area (Å²) in [6, 6.07) is -5.22. The Balaban J connectivity index is 5.21. The minimum absolute atomic E-state index is 0.257. The van der Waals surface area contributed by atoms with Crippen LogP contribution in [0.2, 0.25) is 0 Å². The molecule has 0 aliphatic heterocycles. The van der Waals surface area contributed by atoms with Crippen LogP contribution < -0.4 is 27.4 Å². The molecule has 29 heavy (non-hydrogen) atoms. The van der Waals surface area contributed by atoms with E-state index in [-0.39, 0.29) is 12.2 Å². The molecule has 0 aromatic heterocycles. The molecule has 0 fully saturated rings. The Morgan fingerprint density at radius 3 is 1.79 bits per heavy atom. The SMILES string of the molecule is CC(N)C(=O)NC(CCC(=O)O)C(=O)NC(CS)C(=O)NC(CC(N)=O)C(=O)O. The molecule has 0 rings (SSSR count). The van der Waals surface area contributed by atoms with Crippen LogP contribution in [0.5, 0.6) is 0 Å². The predicted molar refractivity (Wildman–Crippen MR) is 102 cm³/mol. The maximum absolute atomic E-state index is 12.4. The number of rotatable bonds is 13. The molecule has 0 aliphatic rings. The molecule has 0 saturated carbocycles. The molecule has 0 bridgehead atoms. The molecule has 4 unspecified atom stereocenters. The van der Waals surface area contributed by atoms with Crippen molar-refractivity contribution in [2.45, 2.75) is 50.4 Å². The fourth-order valence-corrected chi connectivity index (χ4v) is 2.24. The largest absolute Gasteiger partial charge is 0.481 e. The molecule has 0 aromatic rings. The number of hydrogen-bond donors (Lipinski definition) is 8. The number of thiol groups is 1. The van der Waals surface area contributed by atoms with E-state index in [0.717, 1.165) is 0 Å². The number of nitrogens with one attached hydrogen (secondary N) is 3. The van der Waals surface area contributed by atoms with Crippen LogP contribution >= 0.6 is 12.6 Å². The van der Waals surface area contributed by atoms with Gasteiger partial charge in [0.05, 0.1) is 12.5 Å². The molecule has 0 radical (unpaired) electrons. The predicted octanol–water partition coefficient (Wildman–Crippen LogP) is -3.46. The number of hydrogen-bond acceptors (Lipinski definition) is 8. The average Bonchev–Trinajstić information content (AvgIpc) is 2.60. The zero-order valence-corrected chi connectivity index (χ0v) is 16.5. The second kappa shape index (κ2) is 12.6. The van der Waals surface area contributed by atoms with Gasteiger partial charge in [0.1, 0.15) is 18.1 Å². The summed E-state index contributed by atoms with van der Waals surface area (Å²) in [5.74, 6) is -6.50. The van der Waals surface area contributed by atoms with E-state index in [4.69, 9.17) is 21.7 Å². The Kier molecular flexibility index (Phi) is 11.3. The van der Waals surface area contributed by atoms with Crippen molar-refractivity contribution in [1.82, 2.24) is 16.0 Å². The molecule has 164 valence electrons. The molecule has 9 N–H and O–H groups in total. The summed E-state index contributed by atoms with van der Waals surface area (Å²) >= 11 is 3.91. The van der Waals surface area contributed by atoms with Crippen LogP contribution in [0.25, 0.3) is 0 Å². The molecule has 4 amide bonds. The lowest BCUT2D eigenvalue weighted by atomic mass is 10.1. The van der Waals surface area contributed by atoms with Crippen molar-refractivity contribution >= 4 is 48.2 Å². The average molecular weight is 435 g/mol. The maximum Gasteiger partial charge on any atom is 0.326 e. The normalized spacial score (nSPS) is 14.6. The topological polar surface area (TPSA) is 231 Å². The quantitative estimate of drug-likeness (QED) is 0.134. The van der Waals surface area contributed by atoms with Crippen LogP contribution in [0.3, 0.4) is 0 Å². The minimum atomic E-state index is -1.61. The van der Waals surface area contributed by atoms with Gasteiger partial charge in [0.25, 0.3) is 0 Å². The minimum Gasteiger partial charge on any atom is -0.481 e. The van der Waals surface area contributed by atoms with Crippen molar-refractivity contribution in [3.8, 4) is 0 Å². The van der Waals surface area contributed by atoms with Gasteiger partial charge in [-0.05, 0) is 13.3 Å². The molecule has 0 aromatic carbocycles. The highest BCUT2D eigenvalue weighted by Gasteiger charge is 2.30. The van der Waals surface area contributed by atoms with E-state index in [1.807, 2.05) is 5.32 Å². The van der Waals surface area contributed by atoms with Gasteiger partial charge >= 0.3 is 11.9 Å². The molecule has 4 atom stereocenters. The lowest BCUT2D eigenvalue weighted by Crippen LogP contribution is -2.57. The summed E-state index contributed by atoms with van der Waals surface area (Å²) < 4.78 is 0. The number of carboxylic acid groups (broad SMARTS) is 2. The highest BCUT2D eigenvalue weighted by atomic mass is 32.1. The van der Waals surface area contributed by atoms with Crippen LogP contribution in [-0.2, 0) is 28.8 Å².